The molecule has 0 saturated carbocycles. The third-order valence-corrected chi connectivity index (χ3v) is 6.82. The summed E-state index contributed by atoms with van der Waals surface area (Å²) in [5.41, 5.74) is 2.58. The number of nitrogens with zero attached hydrogens (tertiary/aromatic N) is 2. The number of hydrogen-bond donors (Lipinski definition) is 1. The van der Waals surface area contributed by atoms with Crippen molar-refractivity contribution in [2.24, 2.45) is 0 Å². The lowest BCUT2D eigenvalue weighted by atomic mass is 10.1. The van der Waals surface area contributed by atoms with Gasteiger partial charge in [-0.2, -0.15) is 0 Å². The molecule has 1 heterocycles. The van der Waals surface area contributed by atoms with Gasteiger partial charge in [0.15, 0.2) is 5.11 Å². The molecule has 2 amide bonds. The summed E-state index contributed by atoms with van der Waals surface area (Å²) >= 11 is 7.87. The highest BCUT2D eigenvalue weighted by Crippen LogP contribution is 2.25. The van der Waals surface area contributed by atoms with Gasteiger partial charge in [-0.1, -0.05) is 42.5 Å². The highest BCUT2D eigenvalue weighted by atomic mass is 127. The van der Waals surface area contributed by atoms with Crippen molar-refractivity contribution in [2.75, 3.05) is 11.9 Å². The van der Waals surface area contributed by atoms with Gasteiger partial charge in [0, 0.05) is 22.3 Å². The van der Waals surface area contributed by atoms with Gasteiger partial charge in [-0.05, 0) is 88.8 Å². The third kappa shape index (κ3) is 5.98. The average molecular weight is 587 g/mol. The SMILES string of the molecule is O=C(CC1C(=O)N(CCc2ccccc2)C(=S)N1Cc1ccc(F)cc1)Nc1ccc(I)cc1. The van der Waals surface area contributed by atoms with E-state index in [4.69, 9.17) is 12.2 Å². The van der Waals surface area contributed by atoms with E-state index in [0.29, 0.717) is 30.3 Å². The van der Waals surface area contributed by atoms with Crippen LogP contribution in [0.4, 0.5) is 10.1 Å². The Hall–Kier alpha value is -2.85. The van der Waals surface area contributed by atoms with Crippen LogP contribution in [0.15, 0.2) is 78.9 Å². The van der Waals surface area contributed by atoms with E-state index in [0.717, 1.165) is 14.7 Å². The fraction of sp³-hybridized carbons (Fsp3) is 0.192. The summed E-state index contributed by atoms with van der Waals surface area (Å²) in [5, 5.41) is 3.25. The van der Waals surface area contributed by atoms with E-state index in [9.17, 15) is 14.0 Å². The Morgan fingerprint density at radius 2 is 1.65 bits per heavy atom. The van der Waals surface area contributed by atoms with Crippen molar-refractivity contribution in [3.05, 3.63) is 99.4 Å². The normalized spacial score (nSPS) is 15.6. The molecule has 1 N–H and O–H groups in total. The third-order valence-electron chi connectivity index (χ3n) is 5.64. The van der Waals surface area contributed by atoms with Crippen molar-refractivity contribution in [3.8, 4) is 0 Å². The van der Waals surface area contributed by atoms with Gasteiger partial charge >= 0.3 is 0 Å². The monoisotopic (exact) mass is 587 g/mol. The molecule has 0 bridgehead atoms. The van der Waals surface area contributed by atoms with Crippen molar-refractivity contribution in [1.82, 2.24) is 9.80 Å². The number of carbonyl (C=O) groups excluding carboxylic acids is 2. The van der Waals surface area contributed by atoms with Gasteiger partial charge < -0.3 is 10.2 Å². The minimum atomic E-state index is -0.725. The van der Waals surface area contributed by atoms with Crippen molar-refractivity contribution < 1.29 is 14.0 Å². The second kappa shape index (κ2) is 11.1. The molecule has 1 fully saturated rings. The Balaban J connectivity index is 1.51. The van der Waals surface area contributed by atoms with E-state index in [-0.39, 0.29) is 24.1 Å². The highest BCUT2D eigenvalue weighted by Gasteiger charge is 2.43. The van der Waals surface area contributed by atoms with Gasteiger partial charge in [0.1, 0.15) is 11.9 Å². The number of amides is 2. The van der Waals surface area contributed by atoms with Gasteiger partial charge in [-0.15, -0.1) is 0 Å². The quantitative estimate of drug-likeness (QED) is 0.298. The Bertz CT molecular complexity index is 1170. The summed E-state index contributed by atoms with van der Waals surface area (Å²) in [7, 11) is 0. The summed E-state index contributed by atoms with van der Waals surface area (Å²) in [5.74, 6) is -0.793. The number of thiocarbonyl (C=S) groups is 1. The van der Waals surface area contributed by atoms with Crippen LogP contribution in [-0.4, -0.2) is 39.3 Å². The zero-order valence-electron chi connectivity index (χ0n) is 18.3. The predicted molar refractivity (Wildman–Crippen MR) is 143 cm³/mol. The van der Waals surface area contributed by atoms with E-state index >= 15 is 0 Å². The standard InChI is InChI=1S/C26H23FIN3O2S/c27-20-8-6-19(7-9-20)17-31-23(16-24(32)29-22-12-10-21(28)11-13-22)25(33)30(26(31)34)15-14-18-4-2-1-3-5-18/h1-13,23H,14-17H2,(H,29,32). The van der Waals surface area contributed by atoms with Gasteiger partial charge in [0.25, 0.3) is 5.91 Å². The molecule has 174 valence electrons. The fourth-order valence-electron chi connectivity index (χ4n) is 3.87. The first kappa shape index (κ1) is 24.3. The molecule has 5 nitrogen and oxygen atoms in total. The maximum Gasteiger partial charge on any atom is 0.252 e. The first-order chi connectivity index (χ1) is 16.4. The lowest BCUT2D eigenvalue weighted by molar-refractivity contribution is -0.130. The minimum absolute atomic E-state index is 0.0337. The highest BCUT2D eigenvalue weighted by molar-refractivity contribution is 14.1. The molecule has 0 radical (unpaired) electrons. The van der Waals surface area contributed by atoms with Crippen LogP contribution in [0, 0.1) is 9.39 Å². The maximum absolute atomic E-state index is 13.4. The van der Waals surface area contributed by atoms with E-state index in [1.807, 2.05) is 54.6 Å². The van der Waals surface area contributed by atoms with Crippen LogP contribution in [0.1, 0.15) is 17.5 Å². The van der Waals surface area contributed by atoms with Gasteiger partial charge in [-0.3, -0.25) is 14.5 Å². The number of halogens is 2. The first-order valence-corrected chi connectivity index (χ1v) is 12.3. The summed E-state index contributed by atoms with van der Waals surface area (Å²) in [4.78, 5) is 29.6. The zero-order valence-corrected chi connectivity index (χ0v) is 21.3. The van der Waals surface area contributed by atoms with Crippen molar-refractivity contribution in [1.29, 1.82) is 0 Å². The average Bonchev–Trinajstić information content (AvgIpc) is 3.05. The zero-order chi connectivity index (χ0) is 24.1. The molecule has 1 aliphatic rings. The van der Waals surface area contributed by atoms with Gasteiger partial charge in [-0.25, -0.2) is 4.39 Å². The topological polar surface area (TPSA) is 52.7 Å². The van der Waals surface area contributed by atoms with Gasteiger partial charge in [0.2, 0.25) is 5.91 Å². The molecule has 1 saturated heterocycles. The smallest absolute Gasteiger partial charge is 0.252 e. The molecular formula is C26H23FIN3O2S. The van der Waals surface area contributed by atoms with Crippen LogP contribution >= 0.6 is 34.8 Å². The number of nitrogens with one attached hydrogen (secondary N) is 1. The summed E-state index contributed by atoms with van der Waals surface area (Å²) in [6.07, 6.45) is 0.618. The minimum Gasteiger partial charge on any atom is -0.332 e. The van der Waals surface area contributed by atoms with Crippen LogP contribution in [0.3, 0.4) is 0 Å². The molecule has 34 heavy (non-hydrogen) atoms. The lowest BCUT2D eigenvalue weighted by Crippen LogP contribution is -2.37. The molecule has 8 heteroatoms. The summed E-state index contributed by atoms with van der Waals surface area (Å²) in [6, 6.07) is 22.7. The number of carbonyl (C=O) groups is 2. The molecule has 1 unspecified atom stereocenters. The van der Waals surface area contributed by atoms with Crippen molar-refractivity contribution in [3.63, 3.8) is 0 Å². The Labute approximate surface area is 217 Å². The van der Waals surface area contributed by atoms with E-state index in [1.54, 1.807) is 21.9 Å². The molecule has 0 aliphatic carbocycles. The van der Waals surface area contributed by atoms with Crippen molar-refractivity contribution >= 4 is 57.4 Å². The molecule has 3 aromatic carbocycles. The first-order valence-electron chi connectivity index (χ1n) is 10.9. The number of hydrogen-bond acceptors (Lipinski definition) is 3. The van der Waals surface area contributed by atoms with E-state index < -0.39 is 6.04 Å². The van der Waals surface area contributed by atoms with Crippen LogP contribution in [0.2, 0.25) is 0 Å². The fourth-order valence-corrected chi connectivity index (χ4v) is 4.60. The summed E-state index contributed by atoms with van der Waals surface area (Å²) in [6.45, 7) is 0.741. The Morgan fingerprint density at radius 1 is 0.971 bits per heavy atom. The van der Waals surface area contributed by atoms with Crippen LogP contribution < -0.4 is 5.32 Å². The Kier molecular flexibility index (Phi) is 7.89. The Morgan fingerprint density at radius 3 is 2.32 bits per heavy atom. The maximum atomic E-state index is 13.4. The molecule has 0 aromatic heterocycles. The number of benzene rings is 3. The van der Waals surface area contributed by atoms with E-state index in [1.165, 1.54) is 12.1 Å². The number of anilines is 1. The van der Waals surface area contributed by atoms with Crippen molar-refractivity contribution in [2.45, 2.75) is 25.4 Å². The van der Waals surface area contributed by atoms with Crippen LogP contribution in [-0.2, 0) is 22.6 Å². The molecular weight excluding hydrogens is 564 g/mol. The number of rotatable bonds is 8. The van der Waals surface area contributed by atoms with E-state index in [2.05, 4.69) is 27.9 Å². The predicted octanol–water partition coefficient (Wildman–Crippen LogP) is 5.00. The lowest BCUT2D eigenvalue weighted by Gasteiger charge is -2.24. The van der Waals surface area contributed by atoms with Gasteiger partial charge in [0.05, 0.1) is 6.42 Å². The largest absolute Gasteiger partial charge is 0.332 e. The van der Waals surface area contributed by atoms with Crippen LogP contribution in [0.5, 0.6) is 0 Å². The second-order valence-corrected chi connectivity index (χ2v) is 9.65. The molecule has 3 aromatic rings. The molecule has 4 rings (SSSR count). The molecule has 1 aliphatic heterocycles. The second-order valence-electron chi connectivity index (χ2n) is 8.04. The molecule has 0 spiro atoms. The summed E-state index contributed by atoms with van der Waals surface area (Å²) < 4.78 is 14.4. The van der Waals surface area contributed by atoms with Crippen LogP contribution in [0.25, 0.3) is 0 Å². The molecule has 1 atom stereocenters.